The van der Waals surface area contributed by atoms with Crippen molar-refractivity contribution in [1.82, 2.24) is 14.7 Å². The first-order chi connectivity index (χ1) is 13.9. The highest BCUT2D eigenvalue weighted by Crippen LogP contribution is 2.23. The highest BCUT2D eigenvalue weighted by molar-refractivity contribution is 5.93. The number of methoxy groups -OCH3 is 1. The van der Waals surface area contributed by atoms with Gasteiger partial charge in [0.2, 0.25) is 5.91 Å². The quantitative estimate of drug-likeness (QED) is 0.663. The van der Waals surface area contributed by atoms with Crippen LogP contribution in [-0.4, -0.2) is 41.3 Å². The van der Waals surface area contributed by atoms with E-state index in [1.54, 1.807) is 7.11 Å². The smallest absolute Gasteiger partial charge is 0.238 e. The summed E-state index contributed by atoms with van der Waals surface area (Å²) < 4.78 is 7.13. The van der Waals surface area contributed by atoms with Gasteiger partial charge in [0, 0.05) is 6.54 Å². The molecule has 1 N–H and O–H groups in total. The van der Waals surface area contributed by atoms with Gasteiger partial charge in [0.15, 0.2) is 0 Å². The monoisotopic (exact) mass is 392 g/mol. The first kappa shape index (κ1) is 20.6. The first-order valence-corrected chi connectivity index (χ1v) is 9.62. The summed E-state index contributed by atoms with van der Waals surface area (Å²) in [4.78, 5) is 14.6. The summed E-state index contributed by atoms with van der Waals surface area (Å²) in [6.45, 7) is 6.87. The third kappa shape index (κ3) is 5.03. The largest absolute Gasteiger partial charge is 0.497 e. The van der Waals surface area contributed by atoms with Crippen LogP contribution < -0.4 is 10.1 Å². The zero-order chi connectivity index (χ0) is 21.0. The number of rotatable bonds is 7. The molecule has 0 aliphatic carbocycles. The molecule has 3 aromatic rings. The molecule has 2 aromatic carbocycles. The van der Waals surface area contributed by atoms with Crippen molar-refractivity contribution in [2.75, 3.05) is 26.0 Å². The fraction of sp³-hybridized carbons (Fsp3) is 0.304. The topological polar surface area (TPSA) is 59.4 Å². The van der Waals surface area contributed by atoms with Gasteiger partial charge in [-0.1, -0.05) is 29.8 Å². The summed E-state index contributed by atoms with van der Waals surface area (Å²) in [5.41, 5.74) is 5.75. The molecule has 0 saturated carbocycles. The summed E-state index contributed by atoms with van der Waals surface area (Å²) in [5.74, 6) is 0.750. The molecule has 0 radical (unpaired) electrons. The van der Waals surface area contributed by atoms with Gasteiger partial charge in [-0.25, -0.2) is 4.68 Å². The van der Waals surface area contributed by atoms with E-state index in [9.17, 15) is 4.79 Å². The molecule has 0 saturated heterocycles. The molecule has 6 heteroatoms. The zero-order valence-electron chi connectivity index (χ0n) is 17.7. The minimum absolute atomic E-state index is 0.0648. The molecule has 0 fully saturated rings. The lowest BCUT2D eigenvalue weighted by Crippen LogP contribution is -2.30. The Labute approximate surface area is 172 Å². The molecule has 0 bridgehead atoms. The maximum absolute atomic E-state index is 12.6. The van der Waals surface area contributed by atoms with E-state index < -0.39 is 0 Å². The van der Waals surface area contributed by atoms with Gasteiger partial charge in [-0.2, -0.15) is 5.10 Å². The van der Waals surface area contributed by atoms with Crippen molar-refractivity contribution in [2.24, 2.45) is 0 Å². The standard InChI is InChI=1S/C23H28N4O2/c1-16-9-11-20(12-10-16)27-18(3)23(17(2)25-27)24-22(28)15-26(4)14-19-7-6-8-21(13-19)29-5/h6-13H,14-15H2,1-5H3,(H,24,28). The molecule has 0 unspecified atom stereocenters. The number of hydrogen-bond donors (Lipinski definition) is 1. The number of aryl methyl sites for hydroxylation is 2. The number of ether oxygens (including phenoxy) is 1. The molecule has 0 aliphatic heterocycles. The van der Waals surface area contributed by atoms with Gasteiger partial charge >= 0.3 is 0 Å². The van der Waals surface area contributed by atoms with Crippen LogP contribution in [0.15, 0.2) is 48.5 Å². The van der Waals surface area contributed by atoms with Gasteiger partial charge in [-0.05, 0) is 57.6 Å². The van der Waals surface area contributed by atoms with E-state index in [2.05, 4.69) is 29.5 Å². The van der Waals surface area contributed by atoms with Gasteiger partial charge in [-0.3, -0.25) is 9.69 Å². The van der Waals surface area contributed by atoms with Crippen molar-refractivity contribution in [3.8, 4) is 11.4 Å². The molecule has 1 amide bonds. The second-order valence-corrected chi connectivity index (χ2v) is 7.37. The predicted octanol–water partition coefficient (Wildman–Crippen LogP) is 3.88. The van der Waals surface area contributed by atoms with E-state index in [-0.39, 0.29) is 12.5 Å². The van der Waals surface area contributed by atoms with E-state index in [0.29, 0.717) is 6.54 Å². The number of amides is 1. The van der Waals surface area contributed by atoms with E-state index >= 15 is 0 Å². The fourth-order valence-electron chi connectivity index (χ4n) is 3.32. The molecule has 152 valence electrons. The van der Waals surface area contributed by atoms with Crippen LogP contribution in [0, 0.1) is 20.8 Å². The van der Waals surface area contributed by atoms with Gasteiger partial charge < -0.3 is 10.1 Å². The highest BCUT2D eigenvalue weighted by atomic mass is 16.5. The average Bonchev–Trinajstić information content (AvgIpc) is 2.96. The van der Waals surface area contributed by atoms with Gasteiger partial charge in [0.05, 0.1) is 36.4 Å². The third-order valence-electron chi connectivity index (χ3n) is 4.83. The molecule has 3 rings (SSSR count). The minimum atomic E-state index is -0.0648. The Morgan fingerprint density at radius 1 is 1.14 bits per heavy atom. The molecular formula is C23H28N4O2. The zero-order valence-corrected chi connectivity index (χ0v) is 17.7. The number of anilines is 1. The second-order valence-electron chi connectivity index (χ2n) is 7.37. The molecule has 0 aliphatic rings. The molecule has 1 aromatic heterocycles. The number of carbonyl (C=O) groups excluding carboxylic acids is 1. The lowest BCUT2D eigenvalue weighted by Gasteiger charge is -2.17. The molecule has 0 atom stereocenters. The third-order valence-corrected chi connectivity index (χ3v) is 4.83. The number of carbonyl (C=O) groups is 1. The Kier molecular flexibility index (Phi) is 6.34. The van der Waals surface area contributed by atoms with Gasteiger partial charge in [-0.15, -0.1) is 0 Å². The molecule has 29 heavy (non-hydrogen) atoms. The lowest BCUT2D eigenvalue weighted by molar-refractivity contribution is -0.117. The van der Waals surface area contributed by atoms with Crippen molar-refractivity contribution >= 4 is 11.6 Å². The normalized spacial score (nSPS) is 11.0. The summed E-state index contributed by atoms with van der Waals surface area (Å²) >= 11 is 0. The van der Waals surface area contributed by atoms with Crippen LogP contribution in [0.3, 0.4) is 0 Å². The van der Waals surface area contributed by atoms with E-state index in [0.717, 1.165) is 34.1 Å². The molecule has 6 nitrogen and oxygen atoms in total. The van der Waals surface area contributed by atoms with E-state index in [1.165, 1.54) is 5.56 Å². The highest BCUT2D eigenvalue weighted by Gasteiger charge is 2.16. The number of hydrogen-bond acceptors (Lipinski definition) is 4. The summed E-state index contributed by atoms with van der Waals surface area (Å²) in [5, 5.41) is 7.63. The molecular weight excluding hydrogens is 364 g/mol. The van der Waals surface area contributed by atoms with Crippen LogP contribution >= 0.6 is 0 Å². The van der Waals surface area contributed by atoms with Crippen molar-refractivity contribution in [3.05, 3.63) is 71.0 Å². The maximum Gasteiger partial charge on any atom is 0.238 e. The summed E-state index contributed by atoms with van der Waals surface area (Å²) in [6.07, 6.45) is 0. The number of likely N-dealkylation sites (N-methyl/N-ethyl adjacent to an activating group) is 1. The minimum Gasteiger partial charge on any atom is -0.497 e. The molecule has 1 heterocycles. The summed E-state index contributed by atoms with van der Waals surface area (Å²) in [6, 6.07) is 16.0. The number of benzene rings is 2. The second kappa shape index (κ2) is 8.92. The Bertz CT molecular complexity index is 993. The Morgan fingerprint density at radius 3 is 2.55 bits per heavy atom. The van der Waals surface area contributed by atoms with Crippen molar-refractivity contribution in [2.45, 2.75) is 27.3 Å². The first-order valence-electron chi connectivity index (χ1n) is 9.62. The van der Waals surface area contributed by atoms with E-state index in [1.807, 2.05) is 66.9 Å². The Morgan fingerprint density at radius 2 is 1.86 bits per heavy atom. The Balaban J connectivity index is 1.66. The van der Waals surface area contributed by atoms with Crippen LogP contribution in [0.5, 0.6) is 5.75 Å². The fourth-order valence-corrected chi connectivity index (χ4v) is 3.32. The average molecular weight is 393 g/mol. The van der Waals surface area contributed by atoms with Crippen LogP contribution in [0.2, 0.25) is 0 Å². The molecule has 0 spiro atoms. The SMILES string of the molecule is COc1cccc(CN(C)CC(=O)Nc2c(C)nn(-c3ccc(C)cc3)c2C)c1. The van der Waals surface area contributed by atoms with Gasteiger partial charge in [0.1, 0.15) is 5.75 Å². The lowest BCUT2D eigenvalue weighted by atomic mass is 10.2. The maximum atomic E-state index is 12.6. The van der Waals surface area contributed by atoms with Crippen molar-refractivity contribution < 1.29 is 9.53 Å². The van der Waals surface area contributed by atoms with Gasteiger partial charge in [0.25, 0.3) is 0 Å². The predicted molar refractivity (Wildman–Crippen MR) is 116 cm³/mol. The van der Waals surface area contributed by atoms with E-state index in [4.69, 9.17) is 4.74 Å². The van der Waals surface area contributed by atoms with Crippen molar-refractivity contribution in [1.29, 1.82) is 0 Å². The number of nitrogens with one attached hydrogen (secondary N) is 1. The number of aromatic nitrogens is 2. The van der Waals surface area contributed by atoms with Crippen LogP contribution in [-0.2, 0) is 11.3 Å². The van der Waals surface area contributed by atoms with Crippen LogP contribution in [0.4, 0.5) is 5.69 Å². The number of nitrogens with zero attached hydrogens (tertiary/aromatic N) is 3. The Hall–Kier alpha value is -3.12. The van der Waals surface area contributed by atoms with Crippen molar-refractivity contribution in [3.63, 3.8) is 0 Å². The van der Waals surface area contributed by atoms with Crippen LogP contribution in [0.1, 0.15) is 22.5 Å². The van der Waals surface area contributed by atoms with Crippen LogP contribution in [0.25, 0.3) is 5.69 Å². The summed E-state index contributed by atoms with van der Waals surface area (Å²) in [7, 11) is 3.58.